The first-order valence-electron chi connectivity index (χ1n) is 12.2. The number of rotatable bonds is 4. The van der Waals surface area contributed by atoms with Crippen molar-refractivity contribution >= 4 is 28.9 Å². The summed E-state index contributed by atoms with van der Waals surface area (Å²) in [6, 6.07) is 2.76. The Morgan fingerprint density at radius 1 is 1.11 bits per heavy atom. The average molecular weight is 497 g/mol. The first kappa shape index (κ1) is 25.8. The van der Waals surface area contributed by atoms with Crippen LogP contribution in [0.25, 0.3) is 5.76 Å². The van der Waals surface area contributed by atoms with E-state index in [0.717, 1.165) is 6.92 Å². The molecule has 4 N–H and O–H groups in total. The molecule has 1 fully saturated rings. The van der Waals surface area contributed by atoms with Gasteiger partial charge >= 0.3 is 0 Å². The molecule has 0 heterocycles. The second kappa shape index (κ2) is 7.87. The molecule has 1 aromatic carbocycles. The summed E-state index contributed by atoms with van der Waals surface area (Å²) in [5.74, 6) is -5.93. The van der Waals surface area contributed by atoms with Crippen LogP contribution in [-0.4, -0.2) is 49.2 Å². The van der Waals surface area contributed by atoms with Gasteiger partial charge in [-0.3, -0.25) is 19.2 Å². The number of hydrogen-bond donors (Lipinski definition) is 4. The maximum absolute atomic E-state index is 14.2. The number of carbonyl (C=O) groups excluding carboxylic acids is 4. The fraction of sp³-hybridized carbons (Fsp3) is 0.500. The number of carbonyl (C=O) groups is 4. The van der Waals surface area contributed by atoms with E-state index in [2.05, 4.69) is 0 Å². The minimum absolute atomic E-state index is 0.0136. The quantitative estimate of drug-likeness (QED) is 0.363. The number of phenols is 1. The van der Waals surface area contributed by atoms with Crippen LogP contribution >= 0.6 is 0 Å². The van der Waals surface area contributed by atoms with Gasteiger partial charge in [0, 0.05) is 34.3 Å². The number of aliphatic hydroxyl groups excluding tert-OH is 2. The molecule has 0 amide bonds. The van der Waals surface area contributed by atoms with Gasteiger partial charge in [0.25, 0.3) is 0 Å². The Balaban J connectivity index is 2.10. The van der Waals surface area contributed by atoms with E-state index >= 15 is 0 Å². The zero-order valence-corrected chi connectivity index (χ0v) is 21.4. The number of aromatic hydroxyl groups is 1. The molecule has 36 heavy (non-hydrogen) atoms. The SMILES string of the molecule is CCC(=O)c1ccc(O)c2c1C[C@]1(C)C[C@]3(C)C(C(C)C)C(=O)C(C(C)=O)=C(O)[C@]3(O)C(=O)C1=C2O. The van der Waals surface area contributed by atoms with E-state index in [4.69, 9.17) is 0 Å². The highest BCUT2D eigenvalue weighted by atomic mass is 16.3. The second-order valence-corrected chi connectivity index (χ2v) is 11.2. The molecule has 4 atom stereocenters. The molecule has 3 aliphatic rings. The Hall–Kier alpha value is -3.26. The van der Waals surface area contributed by atoms with Crippen LogP contribution in [0, 0.1) is 22.7 Å². The topological polar surface area (TPSA) is 149 Å². The summed E-state index contributed by atoms with van der Waals surface area (Å²) in [6.45, 7) is 9.53. The van der Waals surface area contributed by atoms with Crippen molar-refractivity contribution in [3.63, 3.8) is 0 Å². The lowest BCUT2D eigenvalue weighted by Crippen LogP contribution is -2.69. The maximum Gasteiger partial charge on any atom is 0.203 e. The zero-order valence-electron chi connectivity index (χ0n) is 21.4. The van der Waals surface area contributed by atoms with Gasteiger partial charge in [0.2, 0.25) is 5.78 Å². The minimum Gasteiger partial charge on any atom is -0.508 e. The van der Waals surface area contributed by atoms with Crippen LogP contribution in [0.4, 0.5) is 0 Å². The lowest BCUT2D eigenvalue weighted by molar-refractivity contribution is -0.178. The molecule has 1 unspecified atom stereocenters. The molecular weight excluding hydrogens is 464 g/mol. The summed E-state index contributed by atoms with van der Waals surface area (Å²) in [6.07, 6.45) is 0.260. The van der Waals surface area contributed by atoms with Gasteiger partial charge in [-0.2, -0.15) is 0 Å². The molecule has 8 nitrogen and oxygen atoms in total. The normalized spacial score (nSPS) is 31.8. The summed E-state index contributed by atoms with van der Waals surface area (Å²) >= 11 is 0. The third kappa shape index (κ3) is 2.97. The third-order valence-electron chi connectivity index (χ3n) is 8.51. The van der Waals surface area contributed by atoms with Gasteiger partial charge in [-0.25, -0.2) is 0 Å². The van der Waals surface area contributed by atoms with Gasteiger partial charge in [-0.15, -0.1) is 0 Å². The van der Waals surface area contributed by atoms with E-state index in [1.54, 1.807) is 34.6 Å². The van der Waals surface area contributed by atoms with Crippen molar-refractivity contribution in [2.45, 2.75) is 66.4 Å². The Labute approximate surface area is 209 Å². The molecular formula is C28H32O8. The van der Waals surface area contributed by atoms with E-state index in [1.807, 2.05) is 0 Å². The summed E-state index contributed by atoms with van der Waals surface area (Å²) in [5.41, 5.74) is -5.50. The smallest absolute Gasteiger partial charge is 0.203 e. The summed E-state index contributed by atoms with van der Waals surface area (Å²) in [5, 5.41) is 45.1. The van der Waals surface area contributed by atoms with Gasteiger partial charge in [0.1, 0.15) is 22.8 Å². The van der Waals surface area contributed by atoms with Crippen LogP contribution in [-0.2, 0) is 20.8 Å². The van der Waals surface area contributed by atoms with E-state index < -0.39 is 62.7 Å². The fourth-order valence-corrected chi connectivity index (χ4v) is 7.17. The highest BCUT2D eigenvalue weighted by Gasteiger charge is 2.72. The van der Waals surface area contributed by atoms with E-state index in [1.165, 1.54) is 12.1 Å². The van der Waals surface area contributed by atoms with Crippen LogP contribution in [0.5, 0.6) is 5.75 Å². The summed E-state index contributed by atoms with van der Waals surface area (Å²) < 4.78 is 0. The van der Waals surface area contributed by atoms with Gasteiger partial charge in [0.05, 0.1) is 5.56 Å². The first-order chi connectivity index (χ1) is 16.6. The van der Waals surface area contributed by atoms with Crippen LogP contribution < -0.4 is 0 Å². The van der Waals surface area contributed by atoms with Gasteiger partial charge in [-0.05, 0) is 43.4 Å². The number of ketones is 4. The first-order valence-corrected chi connectivity index (χ1v) is 12.2. The molecule has 0 saturated heterocycles. The summed E-state index contributed by atoms with van der Waals surface area (Å²) in [4.78, 5) is 52.7. The predicted octanol–water partition coefficient (Wildman–Crippen LogP) is 3.78. The number of phenolic OH excluding ortho intramolecular Hbond substituents is 1. The largest absolute Gasteiger partial charge is 0.508 e. The monoisotopic (exact) mass is 496 g/mol. The summed E-state index contributed by atoms with van der Waals surface area (Å²) in [7, 11) is 0. The number of benzene rings is 1. The minimum atomic E-state index is -2.65. The molecule has 1 saturated carbocycles. The van der Waals surface area contributed by atoms with Crippen LogP contribution in [0.3, 0.4) is 0 Å². The highest BCUT2D eigenvalue weighted by Crippen LogP contribution is 2.65. The predicted molar refractivity (Wildman–Crippen MR) is 130 cm³/mol. The van der Waals surface area contributed by atoms with Crippen molar-refractivity contribution in [1.29, 1.82) is 0 Å². The molecule has 0 spiro atoms. The Bertz CT molecular complexity index is 1310. The maximum atomic E-state index is 14.2. The van der Waals surface area contributed by atoms with E-state index in [-0.39, 0.29) is 41.9 Å². The Kier molecular flexibility index (Phi) is 5.64. The Morgan fingerprint density at radius 2 is 1.72 bits per heavy atom. The van der Waals surface area contributed by atoms with Crippen LogP contribution in [0.1, 0.15) is 75.9 Å². The molecule has 0 aromatic heterocycles. The molecule has 4 rings (SSSR count). The molecule has 0 aliphatic heterocycles. The van der Waals surface area contributed by atoms with Crippen molar-refractivity contribution in [3.05, 3.63) is 45.7 Å². The van der Waals surface area contributed by atoms with Gasteiger partial charge < -0.3 is 20.4 Å². The highest BCUT2D eigenvalue weighted by molar-refractivity contribution is 6.24. The van der Waals surface area contributed by atoms with Crippen LogP contribution in [0.15, 0.2) is 29.0 Å². The van der Waals surface area contributed by atoms with Crippen molar-refractivity contribution in [2.24, 2.45) is 22.7 Å². The molecule has 0 bridgehead atoms. The third-order valence-corrected chi connectivity index (χ3v) is 8.51. The molecule has 192 valence electrons. The van der Waals surface area contributed by atoms with Crippen LogP contribution in [0.2, 0.25) is 0 Å². The lowest BCUT2D eigenvalue weighted by Gasteiger charge is -2.59. The van der Waals surface area contributed by atoms with Crippen molar-refractivity contribution in [2.75, 3.05) is 0 Å². The van der Waals surface area contributed by atoms with E-state index in [0.29, 0.717) is 11.1 Å². The number of Topliss-reactive ketones (excluding diaryl/α,β-unsaturated/α-hetero) is 4. The number of hydrogen-bond acceptors (Lipinski definition) is 8. The van der Waals surface area contributed by atoms with Gasteiger partial charge in [-0.1, -0.05) is 34.6 Å². The van der Waals surface area contributed by atoms with Gasteiger partial charge in [0.15, 0.2) is 23.0 Å². The van der Waals surface area contributed by atoms with E-state index in [9.17, 15) is 39.6 Å². The zero-order chi connectivity index (χ0) is 27.1. The number of aliphatic hydroxyl groups is 3. The van der Waals surface area contributed by atoms with Crippen molar-refractivity contribution in [1.82, 2.24) is 0 Å². The standard InChI is InChI=1S/C28H32O8/c1-7-16(30)14-8-9-17(31)19-15(14)10-26(5)11-27(6)20(12(2)3)22(32)18(13(4)29)24(34)28(27,36)25(35)21(26)23(19)33/h8-9,12,20,31,33-34,36H,7,10-11H2,1-6H3/t20?,26-,27-,28+/m1/s1. The van der Waals surface area contributed by atoms with Crippen molar-refractivity contribution < 1.29 is 39.6 Å². The Morgan fingerprint density at radius 3 is 2.25 bits per heavy atom. The number of allylic oxidation sites excluding steroid dienone is 1. The molecule has 0 radical (unpaired) electrons. The van der Waals surface area contributed by atoms with Crippen molar-refractivity contribution in [3.8, 4) is 5.75 Å². The molecule has 3 aliphatic carbocycles. The molecule has 8 heteroatoms. The molecule has 1 aromatic rings. The second-order valence-electron chi connectivity index (χ2n) is 11.2. The average Bonchev–Trinajstić information content (AvgIpc) is 2.75. The lowest BCUT2D eigenvalue weighted by atomic mass is 9.43. The fourth-order valence-electron chi connectivity index (χ4n) is 7.17. The number of fused-ring (bicyclic) bond motifs is 3.